The molecule has 3 N–H and O–H groups in total. The number of rotatable bonds is 6. The van der Waals surface area contributed by atoms with E-state index in [9.17, 15) is 27.2 Å². The number of H-pyrrole nitrogens is 1. The number of fused-ring (bicyclic) bond motifs is 1. The summed E-state index contributed by atoms with van der Waals surface area (Å²) in [7, 11) is 0. The van der Waals surface area contributed by atoms with Gasteiger partial charge in [0, 0.05) is 30.7 Å². The zero-order valence-corrected chi connectivity index (χ0v) is 16.8. The summed E-state index contributed by atoms with van der Waals surface area (Å²) in [4.78, 5) is 28.4. The van der Waals surface area contributed by atoms with E-state index >= 15 is 4.39 Å². The minimum Gasteiger partial charge on any atom is -0.369 e. The number of aryl methyl sites for hydroxylation is 1. The van der Waals surface area contributed by atoms with E-state index in [1.165, 1.54) is 4.57 Å². The van der Waals surface area contributed by atoms with E-state index < -0.39 is 47.8 Å². The molecule has 2 atom stereocenters. The third-order valence-corrected chi connectivity index (χ3v) is 6.41. The van der Waals surface area contributed by atoms with Crippen LogP contribution in [0, 0.1) is 24.6 Å². The fourth-order valence-electron chi connectivity index (χ4n) is 4.70. The molecule has 4 rings (SSSR count). The number of nitrogens with zero attached hydrogens (tertiary/aromatic N) is 2. The number of nitrogens with two attached hydrogens (primary N) is 1. The van der Waals surface area contributed by atoms with Crippen LogP contribution in [0.25, 0.3) is 10.9 Å². The summed E-state index contributed by atoms with van der Waals surface area (Å²) < 4.78 is 68.8. The van der Waals surface area contributed by atoms with Crippen molar-refractivity contribution in [2.24, 2.45) is 17.6 Å². The second kappa shape index (κ2) is 7.92. The van der Waals surface area contributed by atoms with E-state index in [4.69, 9.17) is 5.73 Å². The van der Waals surface area contributed by atoms with Gasteiger partial charge in [0.15, 0.2) is 0 Å². The predicted octanol–water partition coefficient (Wildman–Crippen LogP) is 2.77. The lowest BCUT2D eigenvalue weighted by molar-refractivity contribution is -0.0463. The minimum absolute atomic E-state index is 0.0250. The molecule has 2 aliphatic rings. The largest absolute Gasteiger partial charge is 0.369 e. The predicted molar refractivity (Wildman–Crippen MR) is 106 cm³/mol. The van der Waals surface area contributed by atoms with Gasteiger partial charge in [-0.1, -0.05) is 0 Å². The molecule has 1 saturated carbocycles. The molecule has 0 amide bonds. The fourth-order valence-corrected chi connectivity index (χ4v) is 4.70. The normalized spacial score (nSPS) is 20.6. The maximum atomic E-state index is 15.1. The monoisotopic (exact) mass is 446 g/mol. The Hall–Kier alpha value is -2.43. The first kappa shape index (κ1) is 21.8. The highest BCUT2D eigenvalue weighted by atomic mass is 19.3. The number of alkyl halides is 4. The van der Waals surface area contributed by atoms with Crippen molar-refractivity contribution < 1.29 is 22.0 Å². The molecule has 2 heterocycles. The molecule has 2 unspecified atom stereocenters. The van der Waals surface area contributed by atoms with Crippen molar-refractivity contribution in [3.8, 4) is 0 Å². The van der Waals surface area contributed by atoms with Crippen molar-refractivity contribution in [1.82, 2.24) is 9.55 Å². The Morgan fingerprint density at radius 2 is 1.77 bits per heavy atom. The number of aromatic amines is 1. The first-order chi connectivity index (χ1) is 14.6. The average Bonchev–Trinajstić information content (AvgIpc) is 3.38. The van der Waals surface area contributed by atoms with Crippen molar-refractivity contribution in [2.45, 2.75) is 51.1 Å². The van der Waals surface area contributed by atoms with Gasteiger partial charge >= 0.3 is 5.69 Å². The van der Waals surface area contributed by atoms with Gasteiger partial charge in [0.2, 0.25) is 12.9 Å². The van der Waals surface area contributed by atoms with Crippen LogP contribution < -0.4 is 21.9 Å². The lowest BCUT2D eigenvalue weighted by atomic mass is 9.88. The number of halogens is 5. The van der Waals surface area contributed by atoms with Crippen molar-refractivity contribution in [1.29, 1.82) is 0 Å². The van der Waals surface area contributed by atoms with Gasteiger partial charge in [0.25, 0.3) is 5.56 Å². The molecule has 170 valence electrons. The highest BCUT2D eigenvalue weighted by molar-refractivity contribution is 5.87. The van der Waals surface area contributed by atoms with Crippen LogP contribution in [0.4, 0.5) is 27.6 Å². The molecule has 1 aliphatic carbocycles. The van der Waals surface area contributed by atoms with Crippen molar-refractivity contribution in [2.75, 3.05) is 18.0 Å². The van der Waals surface area contributed by atoms with E-state index in [2.05, 4.69) is 4.98 Å². The van der Waals surface area contributed by atoms with Crippen LogP contribution in [0.1, 0.15) is 30.9 Å². The van der Waals surface area contributed by atoms with E-state index in [-0.39, 0.29) is 36.6 Å². The Morgan fingerprint density at radius 1 is 1.13 bits per heavy atom. The first-order valence-electron chi connectivity index (χ1n) is 10.2. The Morgan fingerprint density at radius 3 is 2.35 bits per heavy atom. The van der Waals surface area contributed by atoms with Crippen LogP contribution in [0.2, 0.25) is 0 Å². The number of nitrogens with one attached hydrogen (secondary N) is 1. The van der Waals surface area contributed by atoms with Gasteiger partial charge in [-0.3, -0.25) is 14.3 Å². The van der Waals surface area contributed by atoms with Gasteiger partial charge in [0.05, 0.1) is 22.5 Å². The molecule has 6 nitrogen and oxygen atoms in total. The zero-order valence-electron chi connectivity index (χ0n) is 16.8. The molecule has 1 aromatic heterocycles. The van der Waals surface area contributed by atoms with Crippen molar-refractivity contribution >= 4 is 16.6 Å². The molecule has 0 radical (unpaired) electrons. The topological polar surface area (TPSA) is 84.1 Å². The van der Waals surface area contributed by atoms with Crippen LogP contribution in [0.3, 0.4) is 0 Å². The second-order valence-corrected chi connectivity index (χ2v) is 8.41. The number of hydrogen-bond acceptors (Lipinski definition) is 4. The molecule has 11 heteroatoms. The minimum atomic E-state index is -3.26. The standard InChI is InChI=1S/C20H23F5N4O2/c1-8-15-11(19(30)27-20(31)29(15)10-2-3-10)6-12(21)16(8)28-5-4-9(7-28)14(26)13(17(22)23)18(24)25/h6,9-10,13-14,17-18H,2-5,7,26H2,1H3,(H,27,30,31). The van der Waals surface area contributed by atoms with E-state index in [1.807, 2.05) is 0 Å². The average molecular weight is 446 g/mol. The Balaban J connectivity index is 1.73. The molecule has 1 aliphatic heterocycles. The maximum Gasteiger partial charge on any atom is 0.329 e. The SMILES string of the molecule is Cc1c(N2CCC(C(N)C(C(F)F)C(F)F)C2)c(F)cc2c(=O)[nH]c(=O)n(C3CC3)c12. The van der Waals surface area contributed by atoms with Crippen molar-refractivity contribution in [3.05, 3.63) is 38.3 Å². The third-order valence-electron chi connectivity index (χ3n) is 6.41. The lowest BCUT2D eigenvalue weighted by Crippen LogP contribution is -2.45. The van der Waals surface area contributed by atoms with Crippen LogP contribution >= 0.6 is 0 Å². The summed E-state index contributed by atoms with van der Waals surface area (Å²) in [5.41, 5.74) is 5.35. The van der Waals surface area contributed by atoms with E-state index in [0.717, 1.165) is 18.9 Å². The van der Waals surface area contributed by atoms with Crippen LogP contribution in [0.15, 0.2) is 15.7 Å². The number of benzene rings is 1. The highest BCUT2D eigenvalue weighted by Crippen LogP contribution is 2.40. The lowest BCUT2D eigenvalue weighted by Gasteiger charge is -2.28. The van der Waals surface area contributed by atoms with Crippen LogP contribution in [0.5, 0.6) is 0 Å². The summed E-state index contributed by atoms with van der Waals surface area (Å²) >= 11 is 0. The molecule has 31 heavy (non-hydrogen) atoms. The van der Waals surface area contributed by atoms with Gasteiger partial charge in [-0.2, -0.15) is 0 Å². The molecule has 2 aromatic rings. The Labute approximate surface area is 173 Å². The van der Waals surface area contributed by atoms with Gasteiger partial charge in [-0.25, -0.2) is 26.7 Å². The summed E-state index contributed by atoms with van der Waals surface area (Å²) in [5.74, 6) is -3.64. The van der Waals surface area contributed by atoms with Gasteiger partial charge in [-0.15, -0.1) is 0 Å². The summed E-state index contributed by atoms with van der Waals surface area (Å²) in [5, 5.41) is 0.0492. The number of aromatic nitrogens is 2. The van der Waals surface area contributed by atoms with Gasteiger partial charge < -0.3 is 10.6 Å². The quantitative estimate of drug-likeness (QED) is 0.669. The van der Waals surface area contributed by atoms with Crippen LogP contribution in [-0.4, -0.2) is 41.5 Å². The maximum absolute atomic E-state index is 15.1. The van der Waals surface area contributed by atoms with E-state index in [1.54, 1.807) is 11.8 Å². The Kier molecular flexibility index (Phi) is 5.57. The number of hydrogen-bond donors (Lipinski definition) is 2. The number of anilines is 1. The van der Waals surface area contributed by atoms with Gasteiger partial charge in [0.1, 0.15) is 5.82 Å². The fraction of sp³-hybridized carbons (Fsp3) is 0.600. The Bertz CT molecular complexity index is 1100. The van der Waals surface area contributed by atoms with Crippen molar-refractivity contribution in [3.63, 3.8) is 0 Å². The summed E-state index contributed by atoms with van der Waals surface area (Å²) in [6.07, 6.45) is -4.75. The molecule has 0 spiro atoms. The molecular formula is C20H23F5N4O2. The van der Waals surface area contributed by atoms with E-state index in [0.29, 0.717) is 11.1 Å². The summed E-state index contributed by atoms with van der Waals surface area (Å²) in [6, 6.07) is -0.466. The smallest absolute Gasteiger partial charge is 0.329 e. The van der Waals surface area contributed by atoms with Crippen LogP contribution in [-0.2, 0) is 0 Å². The van der Waals surface area contributed by atoms with Gasteiger partial charge in [-0.05, 0) is 38.2 Å². The molecular weight excluding hydrogens is 423 g/mol. The first-order valence-corrected chi connectivity index (χ1v) is 10.2. The second-order valence-electron chi connectivity index (χ2n) is 8.41. The molecule has 0 bridgehead atoms. The molecule has 2 fully saturated rings. The third kappa shape index (κ3) is 3.72. The summed E-state index contributed by atoms with van der Waals surface area (Å²) in [6.45, 7) is 1.85. The molecule has 1 aromatic carbocycles. The highest BCUT2D eigenvalue weighted by Gasteiger charge is 2.42. The zero-order chi connectivity index (χ0) is 22.6. The molecule has 1 saturated heterocycles.